The molecule has 3 aromatic carbocycles. The summed E-state index contributed by atoms with van der Waals surface area (Å²) in [6.45, 7) is 5.04. The zero-order chi connectivity index (χ0) is 24.7. The molecule has 3 heteroatoms. The maximum atomic E-state index is 13.1. The largest absolute Gasteiger partial charge is 0.493 e. The van der Waals surface area contributed by atoms with Gasteiger partial charge >= 0.3 is 0 Å². The van der Waals surface area contributed by atoms with Crippen LogP contribution in [0.15, 0.2) is 78.9 Å². The predicted molar refractivity (Wildman–Crippen MR) is 146 cm³/mol. The second-order valence-electron chi connectivity index (χ2n) is 9.47. The summed E-state index contributed by atoms with van der Waals surface area (Å²) in [4.78, 5) is 13.1. The number of carbonyl (C=O) groups excluding carboxylic acids is 1. The van der Waals surface area contributed by atoms with Crippen LogP contribution in [0.2, 0.25) is 0 Å². The maximum Gasteiger partial charge on any atom is 0.225 e. The van der Waals surface area contributed by atoms with Crippen LogP contribution in [0.4, 0.5) is 0 Å². The fraction of sp³-hybridized carbons (Fsp3) is 0.406. The SMILES string of the molecule is CCCCCCCCCOc1ccccc1CC(=O)NC(Cc1ccc(C)cc1)c1ccccc1. The Kier molecular flexibility index (Phi) is 11.4. The number of benzene rings is 3. The van der Waals surface area contributed by atoms with Gasteiger partial charge in [-0.05, 0) is 37.0 Å². The van der Waals surface area contributed by atoms with Crippen molar-refractivity contribution in [2.45, 2.75) is 77.7 Å². The van der Waals surface area contributed by atoms with Gasteiger partial charge in [0.2, 0.25) is 5.91 Å². The maximum absolute atomic E-state index is 13.1. The number of nitrogens with one attached hydrogen (secondary N) is 1. The van der Waals surface area contributed by atoms with Crippen molar-refractivity contribution >= 4 is 5.91 Å². The molecule has 0 aliphatic heterocycles. The number of hydrogen-bond acceptors (Lipinski definition) is 2. The molecule has 0 bridgehead atoms. The standard InChI is InChI=1S/C32H41NO2/c1-3-4-5-6-7-8-14-23-35-31-18-13-12-17-29(31)25-32(34)33-30(28-15-10-9-11-16-28)24-27-21-19-26(2)20-22-27/h9-13,15-22,30H,3-8,14,23-25H2,1-2H3,(H,33,34). The predicted octanol–water partition coefficient (Wildman–Crippen LogP) is 7.77. The van der Waals surface area contributed by atoms with Crippen molar-refractivity contribution in [1.82, 2.24) is 5.32 Å². The van der Waals surface area contributed by atoms with E-state index in [1.807, 2.05) is 42.5 Å². The average Bonchev–Trinajstić information content (AvgIpc) is 2.88. The number of aryl methyl sites for hydroxylation is 1. The summed E-state index contributed by atoms with van der Waals surface area (Å²) in [7, 11) is 0. The van der Waals surface area contributed by atoms with Crippen molar-refractivity contribution in [3.05, 3.63) is 101 Å². The highest BCUT2D eigenvalue weighted by Crippen LogP contribution is 2.22. The van der Waals surface area contributed by atoms with Gasteiger partial charge in [-0.3, -0.25) is 4.79 Å². The van der Waals surface area contributed by atoms with E-state index in [1.165, 1.54) is 49.7 Å². The average molecular weight is 472 g/mol. The van der Waals surface area contributed by atoms with E-state index in [0.29, 0.717) is 13.0 Å². The van der Waals surface area contributed by atoms with Crippen LogP contribution in [-0.2, 0) is 17.6 Å². The van der Waals surface area contributed by atoms with Crippen molar-refractivity contribution in [3.63, 3.8) is 0 Å². The molecule has 1 amide bonds. The van der Waals surface area contributed by atoms with E-state index in [2.05, 4.69) is 55.6 Å². The molecule has 0 heterocycles. The van der Waals surface area contributed by atoms with E-state index in [4.69, 9.17) is 4.74 Å². The van der Waals surface area contributed by atoms with E-state index in [1.54, 1.807) is 0 Å². The van der Waals surface area contributed by atoms with Gasteiger partial charge < -0.3 is 10.1 Å². The Morgan fingerprint density at radius 2 is 1.46 bits per heavy atom. The Bertz CT molecular complexity index is 998. The molecule has 35 heavy (non-hydrogen) atoms. The lowest BCUT2D eigenvalue weighted by atomic mass is 9.98. The number of para-hydroxylation sites is 1. The van der Waals surface area contributed by atoms with E-state index >= 15 is 0 Å². The van der Waals surface area contributed by atoms with E-state index < -0.39 is 0 Å². The Labute approximate surface area is 211 Å². The number of amides is 1. The number of unbranched alkanes of at least 4 members (excludes halogenated alkanes) is 6. The summed E-state index contributed by atoms with van der Waals surface area (Å²) >= 11 is 0. The van der Waals surface area contributed by atoms with Crippen molar-refractivity contribution in [2.24, 2.45) is 0 Å². The van der Waals surface area contributed by atoms with Crippen LogP contribution < -0.4 is 10.1 Å². The highest BCUT2D eigenvalue weighted by molar-refractivity contribution is 5.79. The number of ether oxygens (including phenoxy) is 1. The third kappa shape index (κ3) is 9.60. The Morgan fingerprint density at radius 1 is 0.800 bits per heavy atom. The first-order valence-electron chi connectivity index (χ1n) is 13.3. The summed E-state index contributed by atoms with van der Waals surface area (Å²) < 4.78 is 6.08. The molecule has 0 fully saturated rings. The second kappa shape index (κ2) is 15.0. The summed E-state index contributed by atoms with van der Waals surface area (Å²) in [5.74, 6) is 0.835. The smallest absolute Gasteiger partial charge is 0.225 e. The van der Waals surface area contributed by atoms with Crippen molar-refractivity contribution in [1.29, 1.82) is 0 Å². The monoisotopic (exact) mass is 471 g/mol. The normalized spacial score (nSPS) is 11.7. The third-order valence-corrected chi connectivity index (χ3v) is 6.43. The first-order chi connectivity index (χ1) is 17.2. The summed E-state index contributed by atoms with van der Waals surface area (Å²) in [5, 5.41) is 3.28. The minimum absolute atomic E-state index is 0.0120. The summed E-state index contributed by atoms with van der Waals surface area (Å²) in [6.07, 6.45) is 9.86. The highest BCUT2D eigenvalue weighted by Gasteiger charge is 2.17. The zero-order valence-electron chi connectivity index (χ0n) is 21.5. The third-order valence-electron chi connectivity index (χ3n) is 6.43. The van der Waals surface area contributed by atoms with Crippen molar-refractivity contribution in [2.75, 3.05) is 6.61 Å². The molecule has 0 aliphatic carbocycles. The van der Waals surface area contributed by atoms with Crippen molar-refractivity contribution in [3.8, 4) is 5.75 Å². The molecule has 1 N–H and O–H groups in total. The molecular formula is C32H41NO2. The lowest BCUT2D eigenvalue weighted by molar-refractivity contribution is -0.121. The number of rotatable bonds is 15. The molecule has 0 radical (unpaired) electrons. The van der Waals surface area contributed by atoms with Gasteiger partial charge in [0.25, 0.3) is 0 Å². The van der Waals surface area contributed by atoms with E-state index in [-0.39, 0.29) is 11.9 Å². The molecule has 3 rings (SSSR count). The number of carbonyl (C=O) groups is 1. The summed E-state index contributed by atoms with van der Waals surface area (Å²) in [5.41, 5.74) is 4.50. The Balaban J connectivity index is 1.56. The molecular weight excluding hydrogens is 430 g/mol. The molecule has 0 saturated heterocycles. The molecule has 0 aliphatic rings. The topological polar surface area (TPSA) is 38.3 Å². The molecule has 0 saturated carbocycles. The van der Waals surface area contributed by atoms with Crippen LogP contribution in [-0.4, -0.2) is 12.5 Å². The first kappa shape index (κ1) is 26.5. The fourth-order valence-electron chi connectivity index (χ4n) is 4.35. The first-order valence-corrected chi connectivity index (χ1v) is 13.3. The molecule has 0 spiro atoms. The zero-order valence-corrected chi connectivity index (χ0v) is 21.5. The molecule has 1 unspecified atom stereocenters. The van der Waals surface area contributed by atoms with Crippen LogP contribution in [0, 0.1) is 6.92 Å². The minimum Gasteiger partial charge on any atom is -0.493 e. The molecule has 3 aromatic rings. The minimum atomic E-state index is -0.0767. The van der Waals surface area contributed by atoms with Crippen molar-refractivity contribution < 1.29 is 9.53 Å². The van der Waals surface area contributed by atoms with Crippen LogP contribution in [0.25, 0.3) is 0 Å². The Morgan fingerprint density at radius 3 is 2.20 bits per heavy atom. The van der Waals surface area contributed by atoms with Crippen LogP contribution >= 0.6 is 0 Å². The van der Waals surface area contributed by atoms with Gasteiger partial charge in [0.05, 0.1) is 19.1 Å². The van der Waals surface area contributed by atoms with Gasteiger partial charge in [0, 0.05) is 5.56 Å². The fourth-order valence-corrected chi connectivity index (χ4v) is 4.35. The van der Waals surface area contributed by atoms with E-state index in [9.17, 15) is 4.79 Å². The molecule has 0 aromatic heterocycles. The van der Waals surface area contributed by atoms with Gasteiger partial charge in [-0.25, -0.2) is 0 Å². The van der Waals surface area contributed by atoms with Crippen LogP contribution in [0.5, 0.6) is 5.75 Å². The second-order valence-corrected chi connectivity index (χ2v) is 9.47. The van der Waals surface area contributed by atoms with Gasteiger partial charge in [-0.2, -0.15) is 0 Å². The molecule has 1 atom stereocenters. The molecule has 3 nitrogen and oxygen atoms in total. The lowest BCUT2D eigenvalue weighted by Crippen LogP contribution is -2.31. The molecule has 186 valence electrons. The van der Waals surface area contributed by atoms with Crippen LogP contribution in [0.3, 0.4) is 0 Å². The highest BCUT2D eigenvalue weighted by atomic mass is 16.5. The van der Waals surface area contributed by atoms with Gasteiger partial charge in [-0.1, -0.05) is 124 Å². The number of hydrogen-bond donors (Lipinski definition) is 1. The van der Waals surface area contributed by atoms with E-state index in [0.717, 1.165) is 29.7 Å². The Hall–Kier alpha value is -3.07. The van der Waals surface area contributed by atoms with Gasteiger partial charge in [-0.15, -0.1) is 0 Å². The van der Waals surface area contributed by atoms with Gasteiger partial charge in [0.15, 0.2) is 0 Å². The van der Waals surface area contributed by atoms with Gasteiger partial charge in [0.1, 0.15) is 5.75 Å². The quantitative estimate of drug-likeness (QED) is 0.230. The lowest BCUT2D eigenvalue weighted by Gasteiger charge is -2.20. The van der Waals surface area contributed by atoms with Crippen LogP contribution in [0.1, 0.15) is 80.2 Å². The summed E-state index contributed by atoms with van der Waals surface area (Å²) in [6, 6.07) is 26.6.